The van der Waals surface area contributed by atoms with E-state index in [4.69, 9.17) is 0 Å². The highest BCUT2D eigenvalue weighted by Gasteiger charge is 2.46. The minimum Gasteiger partial charge on any atom is -0.309 e. The first-order valence-electron chi connectivity index (χ1n) is 20.0. The predicted octanol–water partition coefficient (Wildman–Crippen LogP) is 9.42. The van der Waals surface area contributed by atoms with Gasteiger partial charge < -0.3 is 9.80 Å². The molecule has 4 heterocycles. The second-order valence-corrected chi connectivity index (χ2v) is 16.1. The topological polar surface area (TPSA) is 6.48 Å². The highest BCUT2D eigenvalue weighted by Crippen LogP contribution is 2.49. The van der Waals surface area contributed by atoms with Gasteiger partial charge in [0.2, 0.25) is 13.4 Å². The minimum absolute atomic E-state index is 0.00865. The van der Waals surface area contributed by atoms with Gasteiger partial charge in [-0.2, -0.15) is 0 Å². The van der Waals surface area contributed by atoms with Crippen LogP contribution in [0.25, 0.3) is 54.6 Å². The van der Waals surface area contributed by atoms with Gasteiger partial charge in [0, 0.05) is 28.1 Å². The van der Waals surface area contributed by atoms with Crippen LogP contribution in [0.3, 0.4) is 0 Å². The van der Waals surface area contributed by atoms with Gasteiger partial charge in [-0.05, 0) is 114 Å². The first-order chi connectivity index (χ1) is 28.7. The van der Waals surface area contributed by atoms with E-state index in [0.29, 0.717) is 11.4 Å². The van der Waals surface area contributed by atoms with Crippen molar-refractivity contribution >= 4 is 113 Å². The molecule has 10 aromatic rings. The fraction of sp³-hybridized carbons (Fsp3) is 0. The molecule has 0 spiro atoms. The molecule has 0 amide bonds. The molecule has 14 rings (SSSR count). The first-order valence-corrected chi connectivity index (χ1v) is 20.0. The van der Waals surface area contributed by atoms with Crippen molar-refractivity contribution in [2.75, 3.05) is 9.80 Å². The Hall–Kier alpha value is -7.17. The Morgan fingerprint density at radius 3 is 1.53 bits per heavy atom. The van der Waals surface area contributed by atoms with E-state index in [-0.39, 0.29) is 25.1 Å². The van der Waals surface area contributed by atoms with E-state index in [1.165, 1.54) is 60.4 Å². The lowest BCUT2D eigenvalue weighted by Gasteiger charge is -2.38. The summed E-state index contributed by atoms with van der Waals surface area (Å²) in [6.07, 6.45) is 0. The average molecular weight is 740 g/mol. The zero-order chi connectivity index (χ0) is 38.0. The van der Waals surface area contributed by atoms with E-state index in [0.717, 1.165) is 49.7 Å². The van der Waals surface area contributed by atoms with Crippen LogP contribution in [0.5, 0.6) is 0 Å². The summed E-state index contributed by atoms with van der Waals surface area (Å²) in [5.74, 6) is -0.524. The lowest BCUT2D eigenvalue weighted by atomic mass is 9.36. The maximum absolute atomic E-state index is 16.3. The number of para-hydroxylation sites is 2. The van der Waals surface area contributed by atoms with Crippen LogP contribution in [0, 0.1) is 11.6 Å². The van der Waals surface area contributed by atoms with E-state index in [9.17, 15) is 0 Å². The quantitative estimate of drug-likeness (QED) is 0.129. The van der Waals surface area contributed by atoms with Gasteiger partial charge in [0.05, 0.1) is 11.4 Å². The third-order valence-corrected chi connectivity index (χ3v) is 13.5. The predicted molar refractivity (Wildman–Crippen MR) is 240 cm³/mol. The lowest BCUT2D eigenvalue weighted by molar-refractivity contribution is 0.628. The molecule has 0 fully saturated rings. The molecule has 4 aliphatic rings. The number of hydrogen-bond acceptors (Lipinski definition) is 2. The summed E-state index contributed by atoms with van der Waals surface area (Å²) in [7, 11) is 0. The van der Waals surface area contributed by atoms with E-state index < -0.39 is 0 Å². The summed E-state index contributed by atoms with van der Waals surface area (Å²) in [5, 5.41) is 6.81. The van der Waals surface area contributed by atoms with Crippen LogP contribution in [0.2, 0.25) is 0 Å². The summed E-state index contributed by atoms with van der Waals surface area (Å²) < 4.78 is 32.4. The summed E-state index contributed by atoms with van der Waals surface area (Å²) in [5.41, 5.74) is 17.3. The lowest BCUT2D eigenvalue weighted by Crippen LogP contribution is -2.55. The molecule has 6 heteroatoms. The number of nitrogens with zero attached hydrogens (tertiary/aromatic N) is 2. The third-order valence-electron chi connectivity index (χ3n) is 13.5. The molecular weight excluding hydrogens is 712 g/mol. The molecule has 4 aliphatic heterocycles. The number of fused-ring (bicyclic) bond motifs is 12. The number of rotatable bonds is 2. The Balaban J connectivity index is 1.13. The van der Waals surface area contributed by atoms with Crippen molar-refractivity contribution in [3.8, 4) is 22.3 Å². The van der Waals surface area contributed by atoms with Crippen molar-refractivity contribution < 1.29 is 8.78 Å². The Bertz CT molecular complexity index is 3490. The fourth-order valence-corrected chi connectivity index (χ4v) is 11.4. The fourth-order valence-electron chi connectivity index (χ4n) is 11.4. The molecule has 0 radical (unpaired) electrons. The number of hydrogen-bond donors (Lipinski definition) is 0. The van der Waals surface area contributed by atoms with Crippen LogP contribution in [0.15, 0.2) is 170 Å². The van der Waals surface area contributed by atoms with Crippen LogP contribution in [-0.2, 0) is 0 Å². The Kier molecular flexibility index (Phi) is 5.77. The van der Waals surface area contributed by atoms with Crippen molar-refractivity contribution in [3.05, 3.63) is 181 Å². The van der Waals surface area contributed by atoms with Crippen molar-refractivity contribution in [1.29, 1.82) is 0 Å². The highest BCUT2D eigenvalue weighted by atomic mass is 19.1. The van der Waals surface area contributed by atoms with Crippen molar-refractivity contribution in [2.24, 2.45) is 0 Å². The number of halogens is 2. The van der Waals surface area contributed by atoms with Crippen LogP contribution in [0.4, 0.5) is 42.9 Å². The summed E-state index contributed by atoms with van der Waals surface area (Å²) in [6, 6.07) is 58.4. The molecule has 0 saturated heterocycles. The van der Waals surface area contributed by atoms with Gasteiger partial charge in [-0.3, -0.25) is 0 Å². The highest BCUT2D eigenvalue weighted by molar-refractivity contribution is 7.03. The van der Waals surface area contributed by atoms with E-state index in [1.807, 2.05) is 24.3 Å². The van der Waals surface area contributed by atoms with Crippen LogP contribution < -0.4 is 42.6 Å². The first kappa shape index (κ1) is 31.0. The van der Waals surface area contributed by atoms with Gasteiger partial charge in [0.15, 0.2) is 0 Å². The standard InChI is InChI=1S/C52H28B2F2N2/c55-40-17-5-7-19-42(40)57-44-21-9-14-34-32-12-2-4-16-38(32)54(50(34)44)51-35-25-23-29-27-39-52(36-26-24-30(28-46(51)57)47(35)48(29)36)58(43-20-8-6-18-41(43)56)45-22-10-13-33-31-11-1-3-15-37(31)53(39)49(33)45/h1-28H. The molecule has 266 valence electrons. The summed E-state index contributed by atoms with van der Waals surface area (Å²) in [4.78, 5) is 4.33. The summed E-state index contributed by atoms with van der Waals surface area (Å²) >= 11 is 0. The van der Waals surface area contributed by atoms with Gasteiger partial charge in [0.25, 0.3) is 0 Å². The normalized spacial score (nSPS) is 13.9. The smallest absolute Gasteiger partial charge is 0.249 e. The molecule has 0 saturated carbocycles. The molecule has 58 heavy (non-hydrogen) atoms. The Labute approximate surface area is 333 Å². The van der Waals surface area contributed by atoms with E-state index in [2.05, 4.69) is 131 Å². The molecule has 0 N–H and O–H groups in total. The number of benzene rings is 10. The molecule has 0 unspecified atom stereocenters. The number of anilines is 6. The molecule has 0 aliphatic carbocycles. The van der Waals surface area contributed by atoms with Gasteiger partial charge in [-0.15, -0.1) is 0 Å². The molecule has 2 nitrogen and oxygen atoms in total. The van der Waals surface area contributed by atoms with Gasteiger partial charge in [-0.25, -0.2) is 8.78 Å². The van der Waals surface area contributed by atoms with Crippen molar-refractivity contribution in [2.45, 2.75) is 0 Å². The van der Waals surface area contributed by atoms with E-state index in [1.54, 1.807) is 24.3 Å². The summed E-state index contributed by atoms with van der Waals surface area (Å²) in [6.45, 7) is -0.0246. The van der Waals surface area contributed by atoms with Crippen LogP contribution >= 0.6 is 0 Å². The van der Waals surface area contributed by atoms with Gasteiger partial charge in [-0.1, -0.05) is 138 Å². The zero-order valence-corrected chi connectivity index (χ0v) is 31.0. The monoisotopic (exact) mass is 740 g/mol. The second kappa shape index (κ2) is 10.8. The average Bonchev–Trinajstić information content (AvgIpc) is 3.78. The van der Waals surface area contributed by atoms with Gasteiger partial charge >= 0.3 is 0 Å². The second-order valence-electron chi connectivity index (χ2n) is 16.1. The molecular formula is C52H28B2F2N2. The molecule has 0 bridgehead atoms. The van der Waals surface area contributed by atoms with Crippen LogP contribution in [-0.4, -0.2) is 13.4 Å². The maximum Gasteiger partial charge on any atom is 0.249 e. The molecule has 10 aromatic carbocycles. The van der Waals surface area contributed by atoms with Crippen molar-refractivity contribution in [1.82, 2.24) is 0 Å². The maximum atomic E-state index is 16.3. The molecule has 0 aromatic heterocycles. The Morgan fingerprint density at radius 1 is 0.345 bits per heavy atom. The largest absolute Gasteiger partial charge is 0.309 e. The minimum atomic E-state index is -0.262. The van der Waals surface area contributed by atoms with E-state index >= 15 is 8.78 Å². The van der Waals surface area contributed by atoms with Crippen LogP contribution in [0.1, 0.15) is 0 Å². The third kappa shape index (κ3) is 3.65. The Morgan fingerprint density at radius 2 is 0.845 bits per heavy atom. The SMILES string of the molecule is Fc1ccccc1N1c2cccc3c2B(c2ccccc2-3)c2c1cc1ccc3c4c(cc5ccc2c1c53)B1c2ccccc2-c2cccc(c21)N4c1ccccc1F. The van der Waals surface area contributed by atoms with Crippen molar-refractivity contribution in [3.63, 3.8) is 0 Å². The molecule has 0 atom stereocenters. The zero-order valence-electron chi connectivity index (χ0n) is 31.0. The van der Waals surface area contributed by atoms with Gasteiger partial charge in [0.1, 0.15) is 11.6 Å².